The topological polar surface area (TPSA) is 98.8 Å². The van der Waals surface area contributed by atoms with E-state index in [2.05, 4.69) is 0 Å². The number of hydrogen-bond donors (Lipinski definition) is 0. The van der Waals surface area contributed by atoms with Crippen LogP contribution < -0.4 is 10.9 Å². The van der Waals surface area contributed by atoms with Crippen LogP contribution in [0.5, 0.6) is 0 Å². The number of hydrogen-bond acceptors (Lipinski definition) is 11. The maximum atomic E-state index is 12.2. The second-order valence-electron chi connectivity index (χ2n) is 13.5. The van der Waals surface area contributed by atoms with Gasteiger partial charge < -0.3 is 32.8 Å². The van der Waals surface area contributed by atoms with Crippen LogP contribution in [-0.2, 0) is 50.8 Å². The summed E-state index contributed by atoms with van der Waals surface area (Å²) in [7, 11) is 2.36. The van der Waals surface area contributed by atoms with Crippen LogP contribution in [0.4, 0.5) is 4.79 Å². The molecule has 0 aromatic heterocycles. The highest BCUT2D eigenvalue weighted by Gasteiger charge is 2.52. The number of carbonyl (C=O) groups excluding carboxylic acids is 2. The molecule has 4 rings (SSSR count). The number of ether oxygens (including phenoxy) is 3. The van der Waals surface area contributed by atoms with Crippen LogP contribution in [0.15, 0.2) is 48.5 Å². The molecular formula is C33H46B2O9S2. The molecule has 0 amide bonds. The molecule has 2 aromatic carbocycles. The summed E-state index contributed by atoms with van der Waals surface area (Å²) >= 11 is 0. The van der Waals surface area contributed by atoms with Gasteiger partial charge in [-0.15, -0.1) is 0 Å². The maximum Gasteiger partial charge on any atom is 0.508 e. The molecule has 0 saturated carbocycles. The molecule has 2 heterocycles. The van der Waals surface area contributed by atoms with Gasteiger partial charge in [0.1, 0.15) is 19.8 Å². The lowest BCUT2D eigenvalue weighted by molar-refractivity contribution is -0.144. The molecule has 2 aliphatic heterocycles. The second kappa shape index (κ2) is 15.4. The first kappa shape index (κ1) is 36.7. The molecule has 0 N–H and O–H groups in total. The molecule has 2 aromatic rings. The zero-order valence-electron chi connectivity index (χ0n) is 28.2. The molecule has 0 atom stereocenters. The quantitative estimate of drug-likeness (QED) is 0.105. The van der Waals surface area contributed by atoms with E-state index in [-0.39, 0.29) is 25.8 Å². The van der Waals surface area contributed by atoms with Crippen molar-refractivity contribution >= 4 is 58.9 Å². The van der Waals surface area contributed by atoms with Crippen molar-refractivity contribution < 1.29 is 42.4 Å². The zero-order valence-corrected chi connectivity index (χ0v) is 29.8. The van der Waals surface area contributed by atoms with Gasteiger partial charge in [0, 0.05) is 17.9 Å². The molecular weight excluding hydrogens is 626 g/mol. The predicted molar refractivity (Wildman–Crippen MR) is 184 cm³/mol. The first-order chi connectivity index (χ1) is 21.6. The Morgan fingerprint density at radius 3 is 1.48 bits per heavy atom. The van der Waals surface area contributed by atoms with Crippen molar-refractivity contribution in [2.45, 2.75) is 104 Å². The van der Waals surface area contributed by atoms with Gasteiger partial charge in [0.15, 0.2) is 0 Å². The summed E-state index contributed by atoms with van der Waals surface area (Å²) in [6.07, 6.45) is 0.347. The largest absolute Gasteiger partial charge is 0.508 e. The molecule has 2 fully saturated rings. The molecule has 0 aliphatic carbocycles. The summed E-state index contributed by atoms with van der Waals surface area (Å²) in [4.78, 5) is 24.1. The van der Waals surface area contributed by atoms with Crippen LogP contribution in [0.2, 0.25) is 0 Å². The van der Waals surface area contributed by atoms with Gasteiger partial charge in [-0.3, -0.25) is 4.79 Å². The summed E-state index contributed by atoms with van der Waals surface area (Å²) < 4.78 is 40.1. The van der Waals surface area contributed by atoms with Gasteiger partial charge in [-0.2, -0.15) is 0 Å². The van der Waals surface area contributed by atoms with Gasteiger partial charge in [0.2, 0.25) is 0 Å². The van der Waals surface area contributed by atoms with Gasteiger partial charge in [0.05, 0.1) is 22.4 Å². The fraction of sp³-hybridized carbons (Fsp3) is 0.576. The van der Waals surface area contributed by atoms with Crippen molar-refractivity contribution in [2.75, 3.05) is 18.1 Å². The van der Waals surface area contributed by atoms with Crippen molar-refractivity contribution in [2.24, 2.45) is 0 Å². The first-order valence-corrected chi connectivity index (χ1v) is 18.2. The molecule has 0 bridgehead atoms. The van der Waals surface area contributed by atoms with E-state index in [0.29, 0.717) is 18.6 Å². The third-order valence-electron chi connectivity index (χ3n) is 8.85. The number of benzene rings is 2. The van der Waals surface area contributed by atoms with Crippen molar-refractivity contribution in [1.82, 2.24) is 0 Å². The van der Waals surface area contributed by atoms with Crippen molar-refractivity contribution in [3.8, 4) is 0 Å². The fourth-order valence-electron chi connectivity index (χ4n) is 4.47. The van der Waals surface area contributed by atoms with E-state index in [9.17, 15) is 9.59 Å². The van der Waals surface area contributed by atoms with E-state index in [1.54, 1.807) is 21.6 Å². The molecule has 2 aliphatic rings. The minimum Gasteiger partial charge on any atom is -0.461 e. The Labute approximate surface area is 282 Å². The number of esters is 1. The number of carbonyl (C=O) groups is 2. The van der Waals surface area contributed by atoms with Gasteiger partial charge >= 0.3 is 26.4 Å². The van der Waals surface area contributed by atoms with Crippen LogP contribution >= 0.6 is 21.6 Å². The zero-order chi connectivity index (χ0) is 33.6. The smallest absolute Gasteiger partial charge is 0.461 e. The van der Waals surface area contributed by atoms with E-state index in [1.165, 1.54) is 0 Å². The Morgan fingerprint density at radius 2 is 1.02 bits per heavy atom. The van der Waals surface area contributed by atoms with Crippen LogP contribution in [0.1, 0.15) is 79.4 Å². The molecule has 9 nitrogen and oxygen atoms in total. The van der Waals surface area contributed by atoms with Gasteiger partial charge in [-0.25, -0.2) is 4.79 Å². The summed E-state index contributed by atoms with van der Waals surface area (Å²) in [6, 6.07) is 15.4. The Bertz CT molecular complexity index is 1180. The van der Waals surface area contributed by atoms with Gasteiger partial charge in [-0.1, -0.05) is 70.1 Å². The summed E-state index contributed by atoms with van der Waals surface area (Å²) in [5, 5.41) is 0. The van der Waals surface area contributed by atoms with E-state index >= 15 is 0 Å². The lowest BCUT2D eigenvalue weighted by Gasteiger charge is -2.32. The Morgan fingerprint density at radius 1 is 0.609 bits per heavy atom. The highest BCUT2D eigenvalue weighted by molar-refractivity contribution is 8.76. The number of rotatable bonds is 14. The average molecular weight is 672 g/mol. The monoisotopic (exact) mass is 672 g/mol. The van der Waals surface area contributed by atoms with E-state index < -0.39 is 42.8 Å². The van der Waals surface area contributed by atoms with Crippen LogP contribution in [-0.4, -0.2) is 66.9 Å². The molecule has 250 valence electrons. The highest BCUT2D eigenvalue weighted by atomic mass is 33.1. The molecule has 0 radical (unpaired) electrons. The van der Waals surface area contributed by atoms with E-state index in [1.807, 2.05) is 104 Å². The predicted octanol–water partition coefficient (Wildman–Crippen LogP) is 5.84. The highest BCUT2D eigenvalue weighted by Crippen LogP contribution is 2.37. The van der Waals surface area contributed by atoms with Crippen LogP contribution in [0, 0.1) is 0 Å². The molecule has 13 heteroatoms. The van der Waals surface area contributed by atoms with Crippen molar-refractivity contribution in [3.05, 3.63) is 59.7 Å². The van der Waals surface area contributed by atoms with Crippen LogP contribution in [0.25, 0.3) is 0 Å². The van der Waals surface area contributed by atoms with E-state index in [0.717, 1.165) is 27.8 Å². The summed E-state index contributed by atoms with van der Waals surface area (Å²) in [6.45, 7) is 16.8. The Balaban J connectivity index is 1.00. The fourth-order valence-corrected chi connectivity index (χ4v) is 6.39. The van der Waals surface area contributed by atoms with Crippen molar-refractivity contribution in [3.63, 3.8) is 0 Å². The Kier molecular flexibility index (Phi) is 12.3. The third-order valence-corrected chi connectivity index (χ3v) is 11.3. The summed E-state index contributed by atoms with van der Waals surface area (Å²) in [5.74, 6) is 1.18. The van der Waals surface area contributed by atoms with E-state index in [4.69, 9.17) is 32.8 Å². The van der Waals surface area contributed by atoms with Gasteiger partial charge in [0.25, 0.3) is 0 Å². The standard InChI is InChI=1S/C33H46B2O9S2/c1-30(2)31(3,4)42-34(41-30)26-15-11-24(12-16-26)22-39-28(36)10-9-20-45-46-21-19-38-29(37)40-23-25-13-17-27(18-14-25)35-43-32(5,6)33(7,8)44-35/h11-18H,9-10,19-23H2,1-8H3. The SMILES string of the molecule is CC1(C)OB(c2ccc(COC(=O)CCCSSCCOC(=O)OCc3ccc(B4OC(C)(C)C(C)(C)O4)cc3)cc2)OC1(C)C. The molecule has 0 unspecified atom stereocenters. The lowest BCUT2D eigenvalue weighted by Crippen LogP contribution is -2.41. The van der Waals surface area contributed by atoms with Gasteiger partial charge in [-0.05, 0) is 83.9 Å². The molecule has 0 spiro atoms. The normalized spacial score (nSPS) is 19.2. The van der Waals surface area contributed by atoms with Crippen LogP contribution in [0.3, 0.4) is 0 Å². The summed E-state index contributed by atoms with van der Waals surface area (Å²) in [5.41, 5.74) is 2.02. The van der Waals surface area contributed by atoms with Crippen molar-refractivity contribution in [1.29, 1.82) is 0 Å². The lowest BCUT2D eigenvalue weighted by atomic mass is 9.79. The Hall–Kier alpha value is -2.15. The molecule has 2 saturated heterocycles. The third kappa shape index (κ3) is 9.70. The minimum atomic E-state index is -0.703. The first-order valence-electron chi connectivity index (χ1n) is 15.7. The maximum absolute atomic E-state index is 12.2. The average Bonchev–Trinajstić information content (AvgIpc) is 3.36. The second-order valence-corrected chi connectivity index (χ2v) is 16.2. The molecule has 46 heavy (non-hydrogen) atoms. The minimum absolute atomic E-state index is 0.118.